The first-order valence-corrected chi connectivity index (χ1v) is 5.32. The van der Waals surface area contributed by atoms with E-state index in [1.807, 2.05) is 19.2 Å². The first kappa shape index (κ1) is 9.91. The molecule has 1 nitrogen and oxygen atoms in total. The Hall–Kier alpha value is -1.63. The lowest BCUT2D eigenvalue weighted by Crippen LogP contribution is -1.87. The van der Waals surface area contributed by atoms with Crippen LogP contribution in [-0.2, 0) is 6.42 Å². The highest BCUT2D eigenvalue weighted by molar-refractivity contribution is 5.80. The summed E-state index contributed by atoms with van der Waals surface area (Å²) in [6, 6.07) is 12.6. The van der Waals surface area contributed by atoms with E-state index in [-0.39, 0.29) is 0 Å². The number of nitrogens with zero attached hydrogens (tertiary/aromatic N) is 1. The summed E-state index contributed by atoms with van der Waals surface area (Å²) < 4.78 is 0. The predicted octanol–water partition coefficient (Wildman–Crippen LogP) is 3.62. The first-order valence-electron chi connectivity index (χ1n) is 5.32. The maximum Gasteiger partial charge on any atom is 0.0404 e. The number of benzene rings is 1. The van der Waals surface area contributed by atoms with Gasteiger partial charge in [-0.25, -0.2) is 0 Å². The van der Waals surface area contributed by atoms with Crippen LogP contribution >= 0.6 is 0 Å². The third-order valence-electron chi connectivity index (χ3n) is 2.61. The minimum Gasteiger partial charge on any atom is -0.261 e. The predicted molar refractivity (Wildman–Crippen MR) is 63.8 cm³/mol. The average Bonchev–Trinajstić information content (AvgIpc) is 2.87. The van der Waals surface area contributed by atoms with Crippen molar-refractivity contribution in [3.63, 3.8) is 0 Å². The molecule has 76 valence electrons. The van der Waals surface area contributed by atoms with E-state index >= 15 is 0 Å². The summed E-state index contributed by atoms with van der Waals surface area (Å²) >= 11 is 0. The standard InChI is InChI=1S/C8H11N.C6H4/c1-3-8-5-4-6-9-7(8)2;1-2-5-4-6(5)3-1/h4-6H,3H2,1-2H3;1-4H. The van der Waals surface area contributed by atoms with Crippen molar-refractivity contribution in [2.24, 2.45) is 0 Å². The molecule has 0 saturated carbocycles. The van der Waals surface area contributed by atoms with Crippen molar-refractivity contribution in [2.45, 2.75) is 20.3 Å². The quantitative estimate of drug-likeness (QED) is 0.580. The van der Waals surface area contributed by atoms with E-state index in [2.05, 4.69) is 42.2 Å². The SMILES string of the molecule is CCc1cccnc1C.c1cc2cc-2c1. The van der Waals surface area contributed by atoms with Crippen LogP contribution in [0.4, 0.5) is 0 Å². The first-order chi connectivity index (χ1) is 7.31. The Labute approximate surface area is 90.8 Å². The van der Waals surface area contributed by atoms with Crippen LogP contribution in [0.15, 0.2) is 42.6 Å². The van der Waals surface area contributed by atoms with Crippen molar-refractivity contribution in [3.05, 3.63) is 53.9 Å². The van der Waals surface area contributed by atoms with E-state index in [1.165, 1.54) is 16.7 Å². The van der Waals surface area contributed by atoms with Gasteiger partial charge in [0.25, 0.3) is 0 Å². The van der Waals surface area contributed by atoms with E-state index in [0.717, 1.165) is 12.1 Å². The van der Waals surface area contributed by atoms with E-state index in [4.69, 9.17) is 0 Å². The molecule has 0 spiro atoms. The van der Waals surface area contributed by atoms with Gasteiger partial charge in [0.1, 0.15) is 0 Å². The Morgan fingerprint density at radius 3 is 2.13 bits per heavy atom. The summed E-state index contributed by atoms with van der Waals surface area (Å²) in [7, 11) is 0. The largest absolute Gasteiger partial charge is 0.261 e. The molecule has 0 radical (unpaired) electrons. The second kappa shape index (κ2) is 4.26. The Morgan fingerprint density at radius 1 is 1.07 bits per heavy atom. The van der Waals surface area contributed by atoms with E-state index in [1.54, 1.807) is 0 Å². The van der Waals surface area contributed by atoms with Crippen LogP contribution in [0.2, 0.25) is 0 Å². The zero-order chi connectivity index (χ0) is 10.7. The molecular formula is C14H15N. The molecule has 0 aliphatic heterocycles. The topological polar surface area (TPSA) is 12.9 Å². The Balaban J connectivity index is 0.000000121. The van der Waals surface area contributed by atoms with E-state index < -0.39 is 0 Å². The van der Waals surface area contributed by atoms with Crippen LogP contribution in [0, 0.1) is 6.92 Å². The molecule has 0 fully saturated rings. The van der Waals surface area contributed by atoms with Crippen molar-refractivity contribution >= 4 is 0 Å². The van der Waals surface area contributed by atoms with Crippen LogP contribution in [0.25, 0.3) is 11.1 Å². The lowest BCUT2D eigenvalue weighted by molar-refractivity contribution is 1.05. The van der Waals surface area contributed by atoms with E-state index in [9.17, 15) is 0 Å². The summed E-state index contributed by atoms with van der Waals surface area (Å²) in [6.07, 6.45) is 2.91. The zero-order valence-corrected chi connectivity index (χ0v) is 9.20. The highest BCUT2D eigenvalue weighted by atomic mass is 14.7. The van der Waals surface area contributed by atoms with Gasteiger partial charge in [-0.2, -0.15) is 0 Å². The maximum atomic E-state index is 4.15. The molecule has 0 bridgehead atoms. The van der Waals surface area contributed by atoms with Crippen molar-refractivity contribution in [2.75, 3.05) is 0 Å². The Bertz CT molecular complexity index is 443. The van der Waals surface area contributed by atoms with Crippen molar-refractivity contribution in [1.82, 2.24) is 4.98 Å². The average molecular weight is 197 g/mol. The van der Waals surface area contributed by atoms with E-state index in [0.29, 0.717) is 0 Å². The molecule has 2 aliphatic carbocycles. The van der Waals surface area contributed by atoms with Gasteiger partial charge in [-0.15, -0.1) is 0 Å². The van der Waals surface area contributed by atoms with Crippen LogP contribution in [0.5, 0.6) is 0 Å². The van der Waals surface area contributed by atoms with Crippen LogP contribution in [0.3, 0.4) is 0 Å². The number of pyridine rings is 1. The summed E-state index contributed by atoms with van der Waals surface area (Å²) in [5.41, 5.74) is 5.35. The van der Waals surface area contributed by atoms with Crippen LogP contribution in [-0.4, -0.2) is 4.98 Å². The molecule has 15 heavy (non-hydrogen) atoms. The number of aryl methyl sites for hydroxylation is 2. The smallest absolute Gasteiger partial charge is 0.0404 e. The van der Waals surface area contributed by atoms with Gasteiger partial charge in [-0.1, -0.05) is 31.2 Å². The maximum absolute atomic E-state index is 4.15. The van der Waals surface area contributed by atoms with Gasteiger partial charge in [-0.05, 0) is 42.2 Å². The van der Waals surface area contributed by atoms with Crippen LogP contribution in [0.1, 0.15) is 18.2 Å². The number of rotatable bonds is 1. The molecule has 1 heterocycles. The van der Waals surface area contributed by atoms with Gasteiger partial charge in [0.05, 0.1) is 0 Å². The second-order valence-electron chi connectivity index (χ2n) is 3.68. The zero-order valence-electron chi connectivity index (χ0n) is 9.20. The third-order valence-corrected chi connectivity index (χ3v) is 2.61. The van der Waals surface area contributed by atoms with Crippen molar-refractivity contribution in [1.29, 1.82) is 0 Å². The minimum absolute atomic E-state index is 1.08. The summed E-state index contributed by atoms with van der Waals surface area (Å²) in [6.45, 7) is 4.18. The number of hydrogen-bond donors (Lipinski definition) is 0. The van der Waals surface area contributed by atoms with Crippen LogP contribution < -0.4 is 0 Å². The molecule has 3 rings (SSSR count). The summed E-state index contributed by atoms with van der Waals surface area (Å²) in [5.74, 6) is 0. The Morgan fingerprint density at radius 2 is 1.80 bits per heavy atom. The molecular weight excluding hydrogens is 182 g/mol. The molecule has 2 aliphatic rings. The number of hydrogen-bond acceptors (Lipinski definition) is 1. The minimum atomic E-state index is 1.08. The number of fused-ring (bicyclic) bond motifs is 1. The Kier molecular flexibility index (Phi) is 2.82. The fraction of sp³-hybridized carbons (Fsp3) is 0.214. The summed E-state index contributed by atoms with van der Waals surface area (Å²) in [4.78, 5) is 4.15. The van der Waals surface area contributed by atoms with Crippen molar-refractivity contribution < 1.29 is 0 Å². The van der Waals surface area contributed by atoms with Gasteiger partial charge in [0, 0.05) is 11.9 Å². The monoisotopic (exact) mass is 197 g/mol. The normalized spacial score (nSPS) is 10.3. The molecule has 1 heteroatoms. The van der Waals surface area contributed by atoms with Gasteiger partial charge in [-0.3, -0.25) is 4.98 Å². The highest BCUT2D eigenvalue weighted by Gasteiger charge is 2.06. The molecule has 0 unspecified atom stereocenters. The number of aromatic nitrogens is 1. The van der Waals surface area contributed by atoms with Gasteiger partial charge in [0.2, 0.25) is 0 Å². The fourth-order valence-corrected chi connectivity index (χ4v) is 1.57. The molecule has 0 saturated heterocycles. The van der Waals surface area contributed by atoms with Gasteiger partial charge in [0.15, 0.2) is 0 Å². The molecule has 0 amide bonds. The second-order valence-corrected chi connectivity index (χ2v) is 3.68. The molecule has 1 aromatic heterocycles. The molecule has 0 atom stereocenters. The summed E-state index contributed by atoms with van der Waals surface area (Å²) in [5, 5.41) is 0. The van der Waals surface area contributed by atoms with Crippen molar-refractivity contribution in [3.8, 4) is 11.1 Å². The third kappa shape index (κ3) is 2.44. The molecule has 0 aromatic carbocycles. The lowest BCUT2D eigenvalue weighted by atomic mass is 10.2. The fourth-order valence-electron chi connectivity index (χ4n) is 1.57. The van der Waals surface area contributed by atoms with Gasteiger partial charge >= 0.3 is 0 Å². The highest BCUT2D eigenvalue weighted by Crippen LogP contribution is 2.32. The van der Waals surface area contributed by atoms with Gasteiger partial charge < -0.3 is 0 Å². The lowest BCUT2D eigenvalue weighted by Gasteiger charge is -1.97. The molecule has 0 N–H and O–H groups in total. The molecule has 1 aromatic rings.